The van der Waals surface area contributed by atoms with E-state index in [9.17, 15) is 8.42 Å². The minimum absolute atomic E-state index is 0.297. The number of benzene rings is 1. The Hall–Kier alpha value is -0.300. The molecule has 0 bridgehead atoms. The third-order valence-electron chi connectivity index (χ3n) is 1.56. The van der Waals surface area contributed by atoms with Gasteiger partial charge in [-0.05, 0) is 18.2 Å². The van der Waals surface area contributed by atoms with E-state index in [1.165, 1.54) is 0 Å². The summed E-state index contributed by atoms with van der Waals surface area (Å²) in [5.74, 6) is -0.348. The van der Waals surface area contributed by atoms with E-state index in [1.54, 1.807) is 18.2 Å². The van der Waals surface area contributed by atoms with Crippen molar-refractivity contribution < 1.29 is 13.5 Å². The van der Waals surface area contributed by atoms with Gasteiger partial charge in [-0.25, -0.2) is 8.42 Å². The second-order valence-electron chi connectivity index (χ2n) is 2.77. The number of rotatable bonds is 4. The van der Waals surface area contributed by atoms with Crippen molar-refractivity contribution in [1.82, 2.24) is 0 Å². The zero-order valence-electron chi connectivity index (χ0n) is 7.57. The van der Waals surface area contributed by atoms with Crippen molar-refractivity contribution in [3.05, 3.63) is 27.7 Å². The maximum atomic E-state index is 11.3. The number of halogens is 2. The van der Waals surface area contributed by atoms with Crippen LogP contribution >= 0.6 is 27.5 Å². The molecule has 0 heterocycles. The Labute approximate surface area is 101 Å². The second-order valence-corrected chi connectivity index (χ2v) is 5.93. The summed E-state index contributed by atoms with van der Waals surface area (Å²) in [6.07, 6.45) is 0. The number of hydrogen-bond donors (Lipinski definition) is 2. The Balaban J connectivity index is 2.90. The van der Waals surface area contributed by atoms with Gasteiger partial charge in [0.2, 0.25) is 10.0 Å². The number of hydrogen-bond acceptors (Lipinski definition) is 3. The zero-order valence-corrected chi connectivity index (χ0v) is 10.7. The third-order valence-corrected chi connectivity index (χ3v) is 3.61. The first-order chi connectivity index (χ1) is 6.94. The highest BCUT2D eigenvalue weighted by Crippen LogP contribution is 2.26. The predicted octanol–water partition coefficient (Wildman–Crippen LogP) is 1.84. The van der Waals surface area contributed by atoms with Crippen LogP contribution in [0.3, 0.4) is 0 Å². The van der Waals surface area contributed by atoms with Gasteiger partial charge in [0.1, 0.15) is 0 Å². The summed E-state index contributed by atoms with van der Waals surface area (Å²) >= 11 is 9.02. The van der Waals surface area contributed by atoms with Crippen LogP contribution in [0.15, 0.2) is 22.7 Å². The van der Waals surface area contributed by atoms with Crippen LogP contribution < -0.4 is 4.72 Å². The normalized spacial score (nSPS) is 11.4. The van der Waals surface area contributed by atoms with Crippen molar-refractivity contribution in [3.8, 4) is 0 Å². The monoisotopic (exact) mass is 313 g/mol. The Kier molecular flexibility index (Phi) is 4.39. The van der Waals surface area contributed by atoms with E-state index in [2.05, 4.69) is 20.7 Å². The molecule has 1 rings (SSSR count). The van der Waals surface area contributed by atoms with Gasteiger partial charge in [0, 0.05) is 4.47 Å². The lowest BCUT2D eigenvalue weighted by molar-refractivity contribution is 0.320. The Morgan fingerprint density at radius 2 is 2.13 bits per heavy atom. The Morgan fingerprint density at radius 3 is 2.67 bits per heavy atom. The average Bonchev–Trinajstić information content (AvgIpc) is 2.09. The maximum Gasteiger partial charge on any atom is 0.235 e. The molecule has 1 aromatic rings. The van der Waals surface area contributed by atoms with E-state index in [4.69, 9.17) is 16.7 Å². The van der Waals surface area contributed by atoms with Gasteiger partial charge < -0.3 is 5.11 Å². The van der Waals surface area contributed by atoms with Gasteiger partial charge in [0.25, 0.3) is 0 Å². The summed E-state index contributed by atoms with van der Waals surface area (Å²) < 4.78 is 25.6. The molecule has 0 spiro atoms. The van der Waals surface area contributed by atoms with Gasteiger partial charge in [-0.1, -0.05) is 27.5 Å². The molecule has 0 saturated heterocycles. The topological polar surface area (TPSA) is 66.4 Å². The summed E-state index contributed by atoms with van der Waals surface area (Å²) in [4.78, 5) is 0. The second kappa shape index (κ2) is 5.16. The van der Waals surface area contributed by atoms with Gasteiger partial charge in [0.15, 0.2) is 0 Å². The molecule has 0 radical (unpaired) electrons. The van der Waals surface area contributed by atoms with Gasteiger partial charge in [-0.3, -0.25) is 4.72 Å². The molecule has 0 aromatic heterocycles. The highest BCUT2D eigenvalue weighted by molar-refractivity contribution is 9.10. The quantitative estimate of drug-likeness (QED) is 0.891. The third kappa shape index (κ3) is 3.98. The summed E-state index contributed by atoms with van der Waals surface area (Å²) in [5, 5.41) is 8.83. The van der Waals surface area contributed by atoms with E-state index in [1.807, 2.05) is 0 Å². The van der Waals surface area contributed by atoms with Crippen molar-refractivity contribution in [2.45, 2.75) is 0 Å². The fourth-order valence-electron chi connectivity index (χ4n) is 0.911. The van der Waals surface area contributed by atoms with E-state index in [-0.39, 0.29) is 5.75 Å². The molecule has 0 aliphatic rings. The summed E-state index contributed by atoms with van der Waals surface area (Å²) in [6.45, 7) is -0.427. The molecule has 0 aliphatic carbocycles. The highest BCUT2D eigenvalue weighted by Gasteiger charge is 2.11. The molecule has 0 amide bonds. The van der Waals surface area contributed by atoms with Crippen molar-refractivity contribution in [2.24, 2.45) is 0 Å². The SMILES string of the molecule is O=S(=O)(CCO)Nc1ccc(Br)cc1Cl. The standard InChI is InChI=1S/C8H9BrClNO3S/c9-6-1-2-8(7(10)5-6)11-15(13,14)4-3-12/h1-2,5,11-12H,3-4H2. The number of aliphatic hydroxyl groups is 1. The van der Waals surface area contributed by atoms with E-state index < -0.39 is 16.6 Å². The molecule has 84 valence electrons. The van der Waals surface area contributed by atoms with Gasteiger partial charge in [-0.15, -0.1) is 0 Å². The molecule has 0 atom stereocenters. The fourth-order valence-corrected chi connectivity index (χ4v) is 2.54. The zero-order chi connectivity index (χ0) is 11.5. The van der Waals surface area contributed by atoms with E-state index >= 15 is 0 Å². The van der Waals surface area contributed by atoms with Gasteiger partial charge in [-0.2, -0.15) is 0 Å². The first-order valence-corrected chi connectivity index (χ1v) is 6.83. The lowest BCUT2D eigenvalue weighted by Gasteiger charge is -2.08. The van der Waals surface area contributed by atoms with Crippen LogP contribution in [-0.4, -0.2) is 25.9 Å². The molecule has 7 heteroatoms. The van der Waals surface area contributed by atoms with Crippen molar-refractivity contribution in [1.29, 1.82) is 0 Å². The summed E-state index contributed by atoms with van der Waals surface area (Å²) in [7, 11) is -3.52. The van der Waals surface area contributed by atoms with Gasteiger partial charge >= 0.3 is 0 Å². The molecular formula is C8H9BrClNO3S. The number of aliphatic hydroxyl groups excluding tert-OH is 1. The molecular weight excluding hydrogens is 306 g/mol. The molecule has 1 aromatic carbocycles. The van der Waals surface area contributed by atoms with Crippen molar-refractivity contribution in [2.75, 3.05) is 17.1 Å². The van der Waals surface area contributed by atoms with Crippen LogP contribution in [0.2, 0.25) is 5.02 Å². The number of nitrogens with one attached hydrogen (secondary N) is 1. The maximum absolute atomic E-state index is 11.3. The molecule has 15 heavy (non-hydrogen) atoms. The van der Waals surface area contributed by atoms with Crippen LogP contribution in [-0.2, 0) is 10.0 Å². The van der Waals surface area contributed by atoms with E-state index in [0.717, 1.165) is 4.47 Å². The van der Waals surface area contributed by atoms with Gasteiger partial charge in [0.05, 0.1) is 23.1 Å². The molecule has 0 fully saturated rings. The minimum atomic E-state index is -3.52. The molecule has 0 saturated carbocycles. The summed E-state index contributed by atoms with van der Waals surface area (Å²) in [5.41, 5.74) is 0.299. The van der Waals surface area contributed by atoms with Crippen molar-refractivity contribution >= 4 is 43.2 Å². The molecule has 4 nitrogen and oxygen atoms in total. The largest absolute Gasteiger partial charge is 0.395 e. The van der Waals surface area contributed by atoms with Crippen molar-refractivity contribution in [3.63, 3.8) is 0 Å². The van der Waals surface area contributed by atoms with Crippen LogP contribution in [0.1, 0.15) is 0 Å². The highest BCUT2D eigenvalue weighted by atomic mass is 79.9. The lowest BCUT2D eigenvalue weighted by Crippen LogP contribution is -2.19. The Morgan fingerprint density at radius 1 is 1.47 bits per heavy atom. The smallest absolute Gasteiger partial charge is 0.235 e. The first-order valence-electron chi connectivity index (χ1n) is 4.01. The lowest BCUT2D eigenvalue weighted by atomic mass is 10.3. The molecule has 2 N–H and O–H groups in total. The first kappa shape index (κ1) is 12.8. The fraction of sp³-hybridized carbons (Fsp3) is 0.250. The number of anilines is 1. The van der Waals surface area contributed by atoms with Crippen LogP contribution in [0.25, 0.3) is 0 Å². The van der Waals surface area contributed by atoms with E-state index in [0.29, 0.717) is 10.7 Å². The predicted molar refractivity (Wildman–Crippen MR) is 63.6 cm³/mol. The number of sulfonamides is 1. The molecule has 0 unspecified atom stereocenters. The van der Waals surface area contributed by atoms with Crippen LogP contribution in [0.5, 0.6) is 0 Å². The summed E-state index contributed by atoms with van der Waals surface area (Å²) in [6, 6.07) is 4.79. The van der Waals surface area contributed by atoms with Crippen LogP contribution in [0.4, 0.5) is 5.69 Å². The average molecular weight is 315 g/mol. The minimum Gasteiger partial charge on any atom is -0.395 e. The van der Waals surface area contributed by atoms with Crippen LogP contribution in [0, 0.1) is 0 Å². The Bertz CT molecular complexity index is 449. The molecule has 0 aliphatic heterocycles.